The van der Waals surface area contributed by atoms with E-state index >= 15 is 0 Å². The predicted molar refractivity (Wildman–Crippen MR) is 98.0 cm³/mol. The summed E-state index contributed by atoms with van der Waals surface area (Å²) in [6.07, 6.45) is 3.71. The van der Waals surface area contributed by atoms with Crippen molar-refractivity contribution in [3.8, 4) is 6.07 Å². The Labute approximate surface area is 145 Å². The van der Waals surface area contributed by atoms with Crippen LogP contribution in [0.5, 0.6) is 0 Å². The van der Waals surface area contributed by atoms with Gasteiger partial charge in [0.25, 0.3) is 0 Å². The number of benzene rings is 1. The van der Waals surface area contributed by atoms with Gasteiger partial charge >= 0.3 is 0 Å². The van der Waals surface area contributed by atoms with Gasteiger partial charge in [-0.2, -0.15) is 5.26 Å². The first-order valence-electron chi connectivity index (χ1n) is 8.76. The summed E-state index contributed by atoms with van der Waals surface area (Å²) >= 11 is 0. The number of carbonyl (C=O) groups excluding carboxylic acids is 1. The fraction of sp³-hybridized carbons (Fsp3) is 0.579. The largest absolute Gasteiger partial charge is 0.374 e. The summed E-state index contributed by atoms with van der Waals surface area (Å²) in [6.45, 7) is 7.91. The van der Waals surface area contributed by atoms with Crippen LogP contribution in [0.15, 0.2) is 24.3 Å². The van der Waals surface area contributed by atoms with Crippen molar-refractivity contribution >= 4 is 17.3 Å². The molecule has 5 heteroatoms. The highest BCUT2D eigenvalue weighted by molar-refractivity contribution is 5.83. The lowest BCUT2D eigenvalue weighted by Crippen LogP contribution is -2.50. The first-order chi connectivity index (χ1) is 11.5. The van der Waals surface area contributed by atoms with E-state index < -0.39 is 5.54 Å². The first kappa shape index (κ1) is 18.1. The van der Waals surface area contributed by atoms with Crippen LogP contribution in [0, 0.1) is 17.2 Å². The average molecular weight is 328 g/mol. The maximum absolute atomic E-state index is 12.2. The van der Waals surface area contributed by atoms with Crippen molar-refractivity contribution in [1.82, 2.24) is 5.32 Å². The van der Waals surface area contributed by atoms with Gasteiger partial charge in [-0.15, -0.1) is 0 Å². The van der Waals surface area contributed by atoms with Crippen molar-refractivity contribution in [2.45, 2.75) is 45.6 Å². The molecule has 0 bridgehead atoms. The van der Waals surface area contributed by atoms with Gasteiger partial charge in [-0.1, -0.05) is 26.0 Å². The van der Waals surface area contributed by atoms with Gasteiger partial charge in [-0.25, -0.2) is 0 Å². The molecule has 1 aliphatic rings. The van der Waals surface area contributed by atoms with E-state index in [4.69, 9.17) is 0 Å². The third-order valence-corrected chi connectivity index (χ3v) is 4.83. The molecule has 1 amide bonds. The predicted octanol–water partition coefficient (Wildman–Crippen LogP) is 3.14. The van der Waals surface area contributed by atoms with E-state index in [0.29, 0.717) is 0 Å². The number of hydrogen-bond acceptors (Lipinski definition) is 4. The highest BCUT2D eigenvalue weighted by Crippen LogP contribution is 2.28. The summed E-state index contributed by atoms with van der Waals surface area (Å²) in [7, 11) is 0. The summed E-state index contributed by atoms with van der Waals surface area (Å²) in [5.41, 5.74) is 1.28. The number of piperidine rings is 1. The van der Waals surface area contributed by atoms with Gasteiger partial charge in [0.05, 0.1) is 24.0 Å². The molecular weight excluding hydrogens is 300 g/mol. The molecule has 0 aliphatic carbocycles. The monoisotopic (exact) mass is 328 g/mol. The molecule has 5 nitrogen and oxygen atoms in total. The molecule has 2 N–H and O–H groups in total. The second kappa shape index (κ2) is 8.05. The molecule has 0 saturated carbocycles. The van der Waals surface area contributed by atoms with Crippen molar-refractivity contribution in [3.05, 3.63) is 24.3 Å². The van der Waals surface area contributed by atoms with Crippen LogP contribution in [-0.2, 0) is 4.79 Å². The molecule has 1 aromatic carbocycles. The molecule has 24 heavy (non-hydrogen) atoms. The molecular formula is C19H28N4O. The fourth-order valence-corrected chi connectivity index (χ4v) is 2.84. The molecule has 2 rings (SSSR count). The van der Waals surface area contributed by atoms with E-state index in [-0.39, 0.29) is 18.4 Å². The van der Waals surface area contributed by atoms with Gasteiger partial charge in [0.2, 0.25) is 5.91 Å². The van der Waals surface area contributed by atoms with Crippen LogP contribution in [0.4, 0.5) is 11.4 Å². The number of nitriles is 1. The average Bonchev–Trinajstić information content (AvgIpc) is 2.60. The molecule has 0 spiro atoms. The third kappa shape index (κ3) is 4.41. The van der Waals surface area contributed by atoms with E-state index in [1.165, 1.54) is 19.3 Å². The Hall–Kier alpha value is -2.22. The van der Waals surface area contributed by atoms with Gasteiger partial charge in [0.15, 0.2) is 0 Å². The van der Waals surface area contributed by atoms with Crippen LogP contribution >= 0.6 is 0 Å². The number of rotatable bonds is 6. The lowest BCUT2D eigenvalue weighted by atomic mass is 9.90. The van der Waals surface area contributed by atoms with Crippen LogP contribution < -0.4 is 15.5 Å². The minimum Gasteiger partial charge on any atom is -0.374 e. The zero-order chi connectivity index (χ0) is 17.6. The highest BCUT2D eigenvalue weighted by atomic mass is 16.2. The van der Waals surface area contributed by atoms with Crippen LogP contribution in [0.3, 0.4) is 0 Å². The number of nitrogens with one attached hydrogen (secondary N) is 2. The standard InChI is InChI=1S/C19H28N4O/c1-15(2)19(3,14-20)22-18(24)13-21-16-9-5-6-10-17(16)23-11-7-4-8-12-23/h5-6,9-10,15,21H,4,7-8,11-13H2,1-3H3,(H,22,24)/t19-/m1/s1. The van der Waals surface area contributed by atoms with Gasteiger partial charge in [0, 0.05) is 13.1 Å². The number of carbonyl (C=O) groups is 1. The van der Waals surface area contributed by atoms with E-state index in [1.54, 1.807) is 6.92 Å². The number of nitrogens with zero attached hydrogens (tertiary/aromatic N) is 2. The van der Waals surface area contributed by atoms with Crippen molar-refractivity contribution in [1.29, 1.82) is 5.26 Å². The molecule has 1 aliphatic heterocycles. The smallest absolute Gasteiger partial charge is 0.240 e. The minimum absolute atomic E-state index is 0.0482. The van der Waals surface area contributed by atoms with Gasteiger partial charge in [-0.3, -0.25) is 4.79 Å². The lowest BCUT2D eigenvalue weighted by molar-refractivity contribution is -0.121. The molecule has 0 unspecified atom stereocenters. The normalized spacial score (nSPS) is 17.0. The molecule has 130 valence electrons. The zero-order valence-electron chi connectivity index (χ0n) is 14.9. The number of hydrogen-bond donors (Lipinski definition) is 2. The second-order valence-electron chi connectivity index (χ2n) is 6.94. The van der Waals surface area contributed by atoms with Gasteiger partial charge in [0.1, 0.15) is 5.54 Å². The quantitative estimate of drug-likeness (QED) is 0.842. The molecule has 1 aromatic rings. The Balaban J connectivity index is 1.99. The number of anilines is 2. The van der Waals surface area contributed by atoms with Gasteiger partial charge in [-0.05, 0) is 44.2 Å². The van der Waals surface area contributed by atoms with Crippen LogP contribution in [0.2, 0.25) is 0 Å². The maximum atomic E-state index is 12.2. The molecule has 1 fully saturated rings. The summed E-state index contributed by atoms with van der Waals surface area (Å²) in [5, 5.41) is 15.4. The second-order valence-corrected chi connectivity index (χ2v) is 6.94. The summed E-state index contributed by atoms with van der Waals surface area (Å²) in [6, 6.07) is 10.3. The Morgan fingerprint density at radius 2 is 1.96 bits per heavy atom. The molecule has 1 atom stereocenters. The van der Waals surface area contributed by atoms with Crippen molar-refractivity contribution in [2.75, 3.05) is 29.9 Å². The Bertz CT molecular complexity index is 602. The Morgan fingerprint density at radius 1 is 1.29 bits per heavy atom. The summed E-state index contributed by atoms with van der Waals surface area (Å²) < 4.78 is 0. The Kier molecular flexibility index (Phi) is 6.08. The maximum Gasteiger partial charge on any atom is 0.240 e. The minimum atomic E-state index is -0.842. The van der Waals surface area contributed by atoms with Crippen LogP contribution in [0.1, 0.15) is 40.0 Å². The lowest BCUT2D eigenvalue weighted by Gasteiger charge is -2.31. The first-order valence-corrected chi connectivity index (χ1v) is 8.76. The highest BCUT2D eigenvalue weighted by Gasteiger charge is 2.29. The van der Waals surface area contributed by atoms with Crippen molar-refractivity contribution in [2.24, 2.45) is 5.92 Å². The third-order valence-electron chi connectivity index (χ3n) is 4.83. The van der Waals surface area contributed by atoms with Crippen molar-refractivity contribution in [3.63, 3.8) is 0 Å². The van der Waals surface area contributed by atoms with E-state index in [0.717, 1.165) is 24.5 Å². The number of amides is 1. The molecule has 1 saturated heterocycles. The van der Waals surface area contributed by atoms with E-state index in [1.807, 2.05) is 32.0 Å². The number of para-hydroxylation sites is 2. The summed E-state index contributed by atoms with van der Waals surface area (Å²) in [5.74, 6) is -0.117. The van der Waals surface area contributed by atoms with Crippen LogP contribution in [0.25, 0.3) is 0 Å². The Morgan fingerprint density at radius 3 is 2.58 bits per heavy atom. The van der Waals surface area contributed by atoms with Gasteiger partial charge < -0.3 is 15.5 Å². The van der Waals surface area contributed by atoms with Crippen molar-refractivity contribution < 1.29 is 4.79 Å². The van der Waals surface area contributed by atoms with E-state index in [2.05, 4.69) is 27.7 Å². The fourth-order valence-electron chi connectivity index (χ4n) is 2.84. The zero-order valence-corrected chi connectivity index (χ0v) is 14.9. The topological polar surface area (TPSA) is 68.2 Å². The molecule has 1 heterocycles. The summed E-state index contributed by atoms with van der Waals surface area (Å²) in [4.78, 5) is 14.6. The SMILES string of the molecule is CC(C)[C@@](C)(C#N)NC(=O)CNc1ccccc1N1CCCCC1. The molecule has 0 radical (unpaired) electrons. The molecule has 0 aromatic heterocycles. The van der Waals surface area contributed by atoms with Crippen LogP contribution in [-0.4, -0.2) is 31.1 Å². The van der Waals surface area contributed by atoms with E-state index in [9.17, 15) is 10.1 Å².